The summed E-state index contributed by atoms with van der Waals surface area (Å²) >= 11 is 0. The lowest BCUT2D eigenvalue weighted by molar-refractivity contribution is -0.120. The predicted molar refractivity (Wildman–Crippen MR) is 60.7 cm³/mol. The van der Waals surface area contributed by atoms with Gasteiger partial charge in [0.15, 0.2) is 0 Å². The number of carbonyl (C=O) groups is 1. The highest BCUT2D eigenvalue weighted by Gasteiger charge is 2.09. The molecule has 1 amide bonds. The van der Waals surface area contributed by atoms with E-state index < -0.39 is 0 Å². The molecule has 0 aromatic carbocycles. The smallest absolute Gasteiger partial charge is 0.224 e. The Morgan fingerprint density at radius 2 is 2.20 bits per heavy atom. The maximum atomic E-state index is 11.5. The van der Waals surface area contributed by atoms with Crippen LogP contribution in [0.15, 0.2) is 6.07 Å². The number of nitrogens with one attached hydrogen (secondary N) is 1. The van der Waals surface area contributed by atoms with Crippen molar-refractivity contribution < 1.29 is 4.79 Å². The molecule has 0 radical (unpaired) electrons. The first-order valence-corrected chi connectivity index (χ1v) is 5.14. The molecule has 0 saturated carbocycles. The number of aromatic nitrogens is 1. The van der Waals surface area contributed by atoms with Gasteiger partial charge in [0.05, 0.1) is 6.42 Å². The Bertz CT molecular complexity index is 355. The number of aryl methyl sites for hydroxylation is 1. The van der Waals surface area contributed by atoms with Crippen molar-refractivity contribution in [2.24, 2.45) is 12.8 Å². The third-order valence-corrected chi connectivity index (χ3v) is 2.70. The van der Waals surface area contributed by atoms with Gasteiger partial charge in [0.1, 0.15) is 0 Å². The Hall–Kier alpha value is -1.29. The number of nitrogens with zero attached hydrogens (tertiary/aromatic N) is 1. The van der Waals surface area contributed by atoms with Crippen LogP contribution in [0.2, 0.25) is 0 Å². The average Bonchev–Trinajstić information content (AvgIpc) is 2.43. The molecule has 0 saturated heterocycles. The summed E-state index contributed by atoms with van der Waals surface area (Å²) in [6, 6.07) is 2.05. The lowest BCUT2D eigenvalue weighted by Crippen LogP contribution is -2.30. The van der Waals surface area contributed by atoms with Gasteiger partial charge in [-0.15, -0.1) is 0 Å². The van der Waals surface area contributed by atoms with Crippen molar-refractivity contribution in [3.63, 3.8) is 0 Å². The Morgan fingerprint density at radius 1 is 1.53 bits per heavy atom. The summed E-state index contributed by atoms with van der Waals surface area (Å²) in [5.41, 5.74) is 8.72. The van der Waals surface area contributed by atoms with Crippen LogP contribution in [-0.4, -0.2) is 23.6 Å². The standard InChI is InChI=1S/C11H19N3O/c1-8-6-10(9(2)14(8)3)7-11(15)13-5-4-12/h6H,4-5,7,12H2,1-3H3,(H,13,15). The van der Waals surface area contributed by atoms with Gasteiger partial charge in [-0.3, -0.25) is 4.79 Å². The molecule has 1 rings (SSSR count). The Labute approximate surface area is 90.5 Å². The van der Waals surface area contributed by atoms with Gasteiger partial charge in [-0.2, -0.15) is 0 Å². The molecule has 1 aromatic rings. The summed E-state index contributed by atoms with van der Waals surface area (Å²) in [5, 5.41) is 2.76. The Balaban J connectivity index is 2.64. The van der Waals surface area contributed by atoms with Crippen molar-refractivity contribution in [3.8, 4) is 0 Å². The van der Waals surface area contributed by atoms with E-state index in [1.165, 1.54) is 5.69 Å². The first-order valence-electron chi connectivity index (χ1n) is 5.14. The van der Waals surface area contributed by atoms with E-state index in [9.17, 15) is 4.79 Å². The summed E-state index contributed by atoms with van der Waals surface area (Å²) in [6.45, 7) is 5.09. The molecule has 4 nitrogen and oxygen atoms in total. The zero-order valence-electron chi connectivity index (χ0n) is 9.63. The summed E-state index contributed by atoms with van der Waals surface area (Å²) in [6.07, 6.45) is 0.438. The number of rotatable bonds is 4. The van der Waals surface area contributed by atoms with E-state index in [0.29, 0.717) is 19.5 Å². The maximum Gasteiger partial charge on any atom is 0.224 e. The first kappa shape index (κ1) is 11.8. The van der Waals surface area contributed by atoms with E-state index in [1.807, 2.05) is 20.9 Å². The van der Waals surface area contributed by atoms with Crippen molar-refractivity contribution in [2.45, 2.75) is 20.3 Å². The zero-order valence-corrected chi connectivity index (χ0v) is 9.63. The van der Waals surface area contributed by atoms with Crippen molar-refractivity contribution in [1.29, 1.82) is 0 Å². The SMILES string of the molecule is Cc1cc(CC(=O)NCCN)c(C)n1C. The van der Waals surface area contributed by atoms with Crippen molar-refractivity contribution >= 4 is 5.91 Å². The minimum Gasteiger partial charge on any atom is -0.355 e. The summed E-state index contributed by atoms with van der Waals surface area (Å²) in [4.78, 5) is 11.5. The normalized spacial score (nSPS) is 10.4. The van der Waals surface area contributed by atoms with Crippen LogP contribution in [0.5, 0.6) is 0 Å². The van der Waals surface area contributed by atoms with Crippen LogP contribution in [0, 0.1) is 13.8 Å². The molecule has 0 bridgehead atoms. The quantitative estimate of drug-likeness (QED) is 0.747. The second kappa shape index (κ2) is 4.98. The number of hydrogen-bond acceptors (Lipinski definition) is 2. The van der Waals surface area contributed by atoms with Gasteiger partial charge in [0.2, 0.25) is 5.91 Å². The van der Waals surface area contributed by atoms with Crippen LogP contribution >= 0.6 is 0 Å². The fourth-order valence-corrected chi connectivity index (χ4v) is 1.56. The molecule has 4 heteroatoms. The van der Waals surface area contributed by atoms with E-state index in [2.05, 4.69) is 16.0 Å². The van der Waals surface area contributed by atoms with E-state index >= 15 is 0 Å². The molecule has 0 spiro atoms. The molecule has 15 heavy (non-hydrogen) atoms. The van der Waals surface area contributed by atoms with Crippen molar-refractivity contribution in [3.05, 3.63) is 23.0 Å². The second-order valence-electron chi connectivity index (χ2n) is 3.77. The second-order valence-corrected chi connectivity index (χ2v) is 3.77. The van der Waals surface area contributed by atoms with E-state index in [4.69, 9.17) is 5.73 Å². The highest BCUT2D eigenvalue weighted by molar-refractivity contribution is 5.78. The van der Waals surface area contributed by atoms with Crippen LogP contribution in [0.1, 0.15) is 17.0 Å². The predicted octanol–water partition coefficient (Wildman–Crippen LogP) is 0.259. The number of nitrogens with two attached hydrogens (primary N) is 1. The van der Waals surface area contributed by atoms with Crippen LogP contribution in [0.3, 0.4) is 0 Å². The average molecular weight is 209 g/mol. The summed E-state index contributed by atoms with van der Waals surface area (Å²) < 4.78 is 2.09. The van der Waals surface area contributed by atoms with Crippen LogP contribution < -0.4 is 11.1 Å². The highest BCUT2D eigenvalue weighted by Crippen LogP contribution is 2.13. The molecule has 84 valence electrons. The van der Waals surface area contributed by atoms with E-state index in [-0.39, 0.29) is 5.91 Å². The van der Waals surface area contributed by atoms with Gasteiger partial charge in [0.25, 0.3) is 0 Å². The van der Waals surface area contributed by atoms with E-state index in [0.717, 1.165) is 11.3 Å². The Kier molecular flexibility index (Phi) is 3.91. The van der Waals surface area contributed by atoms with E-state index in [1.54, 1.807) is 0 Å². The lowest BCUT2D eigenvalue weighted by atomic mass is 10.1. The summed E-state index contributed by atoms with van der Waals surface area (Å²) in [5.74, 6) is 0.0363. The minimum atomic E-state index is 0.0363. The molecular formula is C11H19N3O. The fourth-order valence-electron chi connectivity index (χ4n) is 1.56. The lowest BCUT2D eigenvalue weighted by Gasteiger charge is -2.04. The van der Waals surface area contributed by atoms with Gasteiger partial charge in [-0.25, -0.2) is 0 Å². The Morgan fingerprint density at radius 3 is 2.67 bits per heavy atom. The third-order valence-electron chi connectivity index (χ3n) is 2.70. The molecule has 0 unspecified atom stereocenters. The van der Waals surface area contributed by atoms with Gasteiger partial charge in [-0.1, -0.05) is 0 Å². The van der Waals surface area contributed by atoms with Gasteiger partial charge < -0.3 is 15.6 Å². The van der Waals surface area contributed by atoms with Crippen LogP contribution in [0.4, 0.5) is 0 Å². The topological polar surface area (TPSA) is 60.1 Å². The first-order chi connectivity index (χ1) is 7.06. The maximum absolute atomic E-state index is 11.5. The number of hydrogen-bond donors (Lipinski definition) is 2. The molecule has 1 heterocycles. The van der Waals surface area contributed by atoms with Crippen LogP contribution in [0.25, 0.3) is 0 Å². The molecule has 0 fully saturated rings. The number of amides is 1. The van der Waals surface area contributed by atoms with Gasteiger partial charge >= 0.3 is 0 Å². The molecule has 0 aliphatic heterocycles. The minimum absolute atomic E-state index is 0.0363. The highest BCUT2D eigenvalue weighted by atomic mass is 16.1. The van der Waals surface area contributed by atoms with Crippen molar-refractivity contribution in [1.82, 2.24) is 9.88 Å². The monoisotopic (exact) mass is 209 g/mol. The molecular weight excluding hydrogens is 190 g/mol. The molecule has 1 aromatic heterocycles. The van der Waals surface area contributed by atoms with Crippen LogP contribution in [-0.2, 0) is 18.3 Å². The fraction of sp³-hybridized carbons (Fsp3) is 0.545. The molecule has 3 N–H and O–H groups in total. The van der Waals surface area contributed by atoms with Crippen molar-refractivity contribution in [2.75, 3.05) is 13.1 Å². The zero-order chi connectivity index (χ0) is 11.4. The summed E-state index contributed by atoms with van der Waals surface area (Å²) in [7, 11) is 2.01. The third kappa shape index (κ3) is 2.83. The molecule has 0 atom stereocenters. The number of carbonyl (C=O) groups excluding carboxylic acids is 1. The van der Waals surface area contributed by atoms with Gasteiger partial charge in [0, 0.05) is 31.5 Å². The molecule has 0 aliphatic carbocycles. The molecule has 0 aliphatic rings. The van der Waals surface area contributed by atoms with Gasteiger partial charge in [-0.05, 0) is 25.5 Å². The largest absolute Gasteiger partial charge is 0.355 e.